The lowest BCUT2D eigenvalue weighted by molar-refractivity contribution is 0.0697. The second-order valence-corrected chi connectivity index (χ2v) is 3.82. The van der Waals surface area contributed by atoms with Crippen LogP contribution >= 0.6 is 0 Å². The van der Waals surface area contributed by atoms with E-state index in [9.17, 15) is 14.0 Å². The van der Waals surface area contributed by atoms with Gasteiger partial charge in [-0.3, -0.25) is 9.48 Å². The lowest BCUT2D eigenvalue weighted by atomic mass is 10.1. The third-order valence-electron chi connectivity index (χ3n) is 2.41. The van der Waals surface area contributed by atoms with Crippen LogP contribution in [-0.2, 0) is 7.05 Å². The minimum atomic E-state index is -1.32. The Bertz CT molecular complexity index is 651. The van der Waals surface area contributed by atoms with Crippen molar-refractivity contribution in [3.8, 4) is 0 Å². The van der Waals surface area contributed by atoms with Crippen LogP contribution in [0.15, 0.2) is 30.5 Å². The van der Waals surface area contributed by atoms with Gasteiger partial charge in [-0.1, -0.05) is 0 Å². The number of carbonyl (C=O) groups excluding carboxylic acids is 1. The van der Waals surface area contributed by atoms with Crippen molar-refractivity contribution >= 4 is 17.6 Å². The number of rotatable bonds is 3. The number of carboxylic acids is 1. The Labute approximate surface area is 107 Å². The average molecular weight is 263 g/mol. The first-order valence-electron chi connectivity index (χ1n) is 5.31. The molecule has 0 saturated heterocycles. The summed E-state index contributed by atoms with van der Waals surface area (Å²) < 4.78 is 14.4. The molecule has 1 aromatic carbocycles. The molecule has 1 amide bonds. The van der Waals surface area contributed by atoms with Crippen LogP contribution in [0.3, 0.4) is 0 Å². The highest BCUT2D eigenvalue weighted by atomic mass is 19.1. The highest BCUT2D eigenvalue weighted by Crippen LogP contribution is 2.17. The number of halogens is 1. The Balaban J connectivity index is 2.28. The van der Waals surface area contributed by atoms with Crippen LogP contribution in [-0.4, -0.2) is 26.8 Å². The monoisotopic (exact) mass is 263 g/mol. The molecule has 0 unspecified atom stereocenters. The molecule has 0 spiro atoms. The summed E-state index contributed by atoms with van der Waals surface area (Å²) in [5.41, 5.74) is -0.156. The first-order chi connectivity index (χ1) is 8.97. The molecular formula is C12H10FN3O3. The number of carbonyl (C=O) groups is 2. The normalized spacial score (nSPS) is 10.2. The summed E-state index contributed by atoms with van der Waals surface area (Å²) in [5.74, 6) is -2.57. The number of benzene rings is 1. The van der Waals surface area contributed by atoms with E-state index < -0.39 is 17.7 Å². The molecule has 0 aliphatic heterocycles. The van der Waals surface area contributed by atoms with Crippen molar-refractivity contribution in [2.75, 3.05) is 5.32 Å². The van der Waals surface area contributed by atoms with Gasteiger partial charge in [0.15, 0.2) is 5.69 Å². The molecule has 98 valence electrons. The number of anilines is 1. The predicted octanol–water partition coefficient (Wildman–Crippen LogP) is 1.51. The number of carboxylic acid groups (broad SMARTS) is 1. The van der Waals surface area contributed by atoms with Gasteiger partial charge in [0.05, 0.1) is 11.3 Å². The minimum Gasteiger partial charge on any atom is -0.478 e. The number of hydrogen-bond acceptors (Lipinski definition) is 3. The van der Waals surface area contributed by atoms with E-state index in [1.165, 1.54) is 16.8 Å². The number of aromatic nitrogens is 2. The van der Waals surface area contributed by atoms with E-state index >= 15 is 0 Å². The summed E-state index contributed by atoms with van der Waals surface area (Å²) in [6.07, 6.45) is 1.58. The van der Waals surface area contributed by atoms with Gasteiger partial charge in [-0.25, -0.2) is 9.18 Å². The molecule has 0 radical (unpaired) electrons. The maximum Gasteiger partial charge on any atom is 0.337 e. The second kappa shape index (κ2) is 4.89. The molecule has 0 aliphatic rings. The van der Waals surface area contributed by atoms with Crippen molar-refractivity contribution < 1.29 is 19.1 Å². The third kappa shape index (κ3) is 2.76. The van der Waals surface area contributed by atoms with Gasteiger partial charge in [0.2, 0.25) is 0 Å². The van der Waals surface area contributed by atoms with Gasteiger partial charge < -0.3 is 10.4 Å². The number of nitrogens with zero attached hydrogens (tertiary/aromatic N) is 2. The summed E-state index contributed by atoms with van der Waals surface area (Å²) in [6, 6.07) is 4.59. The number of amides is 1. The van der Waals surface area contributed by atoms with Crippen LogP contribution in [0.25, 0.3) is 0 Å². The zero-order valence-corrected chi connectivity index (χ0v) is 9.92. The van der Waals surface area contributed by atoms with E-state index in [-0.39, 0.29) is 16.9 Å². The molecule has 2 N–H and O–H groups in total. The number of aryl methyl sites for hydroxylation is 1. The summed E-state index contributed by atoms with van der Waals surface area (Å²) in [4.78, 5) is 22.8. The lowest BCUT2D eigenvalue weighted by Gasteiger charge is -2.07. The van der Waals surface area contributed by atoms with Crippen LogP contribution in [0.1, 0.15) is 20.8 Å². The van der Waals surface area contributed by atoms with Crippen molar-refractivity contribution in [1.82, 2.24) is 9.78 Å². The molecule has 0 bridgehead atoms. The Morgan fingerprint density at radius 2 is 2.11 bits per heavy atom. The minimum absolute atomic E-state index is 0.0181. The molecule has 1 aromatic heterocycles. The van der Waals surface area contributed by atoms with Gasteiger partial charge in [0, 0.05) is 13.2 Å². The largest absolute Gasteiger partial charge is 0.478 e. The Kier molecular flexibility index (Phi) is 3.28. The van der Waals surface area contributed by atoms with Crippen molar-refractivity contribution in [2.45, 2.75) is 0 Å². The van der Waals surface area contributed by atoms with Crippen LogP contribution in [0, 0.1) is 5.82 Å². The molecule has 0 aliphatic carbocycles. The molecule has 1 heterocycles. The smallest absolute Gasteiger partial charge is 0.337 e. The van der Waals surface area contributed by atoms with E-state index in [1.54, 1.807) is 13.2 Å². The zero-order chi connectivity index (χ0) is 14.0. The van der Waals surface area contributed by atoms with Crippen molar-refractivity contribution in [1.29, 1.82) is 0 Å². The van der Waals surface area contributed by atoms with Gasteiger partial charge >= 0.3 is 5.97 Å². The van der Waals surface area contributed by atoms with Crippen molar-refractivity contribution in [2.24, 2.45) is 7.05 Å². The molecule has 2 aromatic rings. The maximum absolute atomic E-state index is 13.0. The van der Waals surface area contributed by atoms with E-state index in [0.717, 1.165) is 12.1 Å². The van der Waals surface area contributed by atoms with Crippen molar-refractivity contribution in [3.63, 3.8) is 0 Å². The summed E-state index contributed by atoms with van der Waals surface area (Å²) >= 11 is 0. The van der Waals surface area contributed by atoms with Gasteiger partial charge in [0.1, 0.15) is 5.82 Å². The molecule has 2 rings (SSSR count). The Hall–Kier alpha value is -2.70. The number of hydrogen-bond donors (Lipinski definition) is 2. The van der Waals surface area contributed by atoms with Crippen molar-refractivity contribution in [3.05, 3.63) is 47.5 Å². The molecular weight excluding hydrogens is 253 g/mol. The van der Waals surface area contributed by atoms with Gasteiger partial charge in [-0.2, -0.15) is 5.10 Å². The van der Waals surface area contributed by atoms with Crippen LogP contribution in [0.5, 0.6) is 0 Å². The summed E-state index contributed by atoms with van der Waals surface area (Å²) in [5, 5.41) is 15.2. The van der Waals surface area contributed by atoms with Crippen LogP contribution in [0.2, 0.25) is 0 Å². The second-order valence-electron chi connectivity index (χ2n) is 3.82. The third-order valence-corrected chi connectivity index (χ3v) is 2.41. The molecule has 6 nitrogen and oxygen atoms in total. The highest BCUT2D eigenvalue weighted by molar-refractivity contribution is 6.06. The van der Waals surface area contributed by atoms with E-state index in [0.29, 0.717) is 0 Å². The maximum atomic E-state index is 13.0. The van der Waals surface area contributed by atoms with Crippen LogP contribution in [0.4, 0.5) is 10.1 Å². The Morgan fingerprint density at radius 1 is 1.37 bits per heavy atom. The topological polar surface area (TPSA) is 84.2 Å². The molecule has 0 saturated carbocycles. The molecule has 0 atom stereocenters. The molecule has 0 fully saturated rings. The quantitative estimate of drug-likeness (QED) is 0.879. The van der Waals surface area contributed by atoms with E-state index in [2.05, 4.69) is 10.4 Å². The van der Waals surface area contributed by atoms with Gasteiger partial charge in [-0.05, 0) is 24.3 Å². The first kappa shape index (κ1) is 12.7. The van der Waals surface area contributed by atoms with Crippen LogP contribution < -0.4 is 5.32 Å². The average Bonchev–Trinajstić information content (AvgIpc) is 2.78. The van der Waals surface area contributed by atoms with Gasteiger partial charge in [-0.15, -0.1) is 0 Å². The fraction of sp³-hybridized carbons (Fsp3) is 0.0833. The predicted molar refractivity (Wildman–Crippen MR) is 64.5 cm³/mol. The molecule has 19 heavy (non-hydrogen) atoms. The Morgan fingerprint density at radius 3 is 2.68 bits per heavy atom. The molecule has 7 heteroatoms. The number of aromatic carboxylic acids is 1. The lowest BCUT2D eigenvalue weighted by Crippen LogP contribution is -2.15. The summed E-state index contributed by atoms with van der Waals surface area (Å²) in [6.45, 7) is 0. The van der Waals surface area contributed by atoms with E-state index in [1.807, 2.05) is 0 Å². The highest BCUT2D eigenvalue weighted by Gasteiger charge is 2.15. The SMILES string of the molecule is Cn1ccc(C(=O)Nc2ccc(F)cc2C(=O)O)n1. The van der Waals surface area contributed by atoms with E-state index in [4.69, 9.17) is 5.11 Å². The fourth-order valence-corrected chi connectivity index (χ4v) is 1.52. The number of nitrogens with one attached hydrogen (secondary N) is 1. The fourth-order valence-electron chi connectivity index (χ4n) is 1.52. The standard InChI is InChI=1S/C12H10FN3O3/c1-16-5-4-10(15-16)11(17)14-9-3-2-7(13)6-8(9)12(18)19/h2-6H,1H3,(H,14,17)(H,18,19). The summed E-state index contributed by atoms with van der Waals surface area (Å²) in [7, 11) is 1.65. The van der Waals surface area contributed by atoms with Gasteiger partial charge in [0.25, 0.3) is 5.91 Å². The zero-order valence-electron chi connectivity index (χ0n) is 9.92. The first-order valence-corrected chi connectivity index (χ1v) is 5.31.